The molecule has 24 heavy (non-hydrogen) atoms. The van der Waals surface area contributed by atoms with Gasteiger partial charge in [-0.25, -0.2) is 4.98 Å². The van der Waals surface area contributed by atoms with Gasteiger partial charge in [0, 0.05) is 11.6 Å². The van der Waals surface area contributed by atoms with Gasteiger partial charge in [-0.3, -0.25) is 9.59 Å². The summed E-state index contributed by atoms with van der Waals surface area (Å²) in [7, 11) is 2.97. The van der Waals surface area contributed by atoms with Crippen LogP contribution in [0.4, 0.5) is 0 Å². The number of ether oxygens (including phenoxy) is 2. The molecule has 1 aromatic heterocycles. The van der Waals surface area contributed by atoms with Crippen molar-refractivity contribution < 1.29 is 28.6 Å². The molecular weight excluding hydrogens is 316 g/mol. The molecule has 2 rings (SSSR count). The fourth-order valence-electron chi connectivity index (χ4n) is 2.27. The van der Waals surface area contributed by atoms with Gasteiger partial charge < -0.3 is 24.3 Å². The topological polar surface area (TPSA) is 111 Å². The van der Waals surface area contributed by atoms with Crippen LogP contribution in [-0.2, 0) is 4.79 Å². The van der Waals surface area contributed by atoms with Gasteiger partial charge in [0.25, 0.3) is 5.91 Å². The number of methoxy groups -OCH3 is 2. The summed E-state index contributed by atoms with van der Waals surface area (Å²) in [6.45, 7) is 1.60. The van der Waals surface area contributed by atoms with Gasteiger partial charge in [0.15, 0.2) is 12.1 Å². The average Bonchev–Trinajstić information content (AvgIpc) is 2.99. The molecule has 0 spiro atoms. The third-order valence-electron chi connectivity index (χ3n) is 3.46. The highest BCUT2D eigenvalue weighted by molar-refractivity contribution is 5.93. The van der Waals surface area contributed by atoms with Gasteiger partial charge in [0.2, 0.25) is 0 Å². The van der Waals surface area contributed by atoms with Crippen molar-refractivity contribution in [3.05, 3.63) is 41.6 Å². The van der Waals surface area contributed by atoms with Gasteiger partial charge in [-0.05, 0) is 19.1 Å². The van der Waals surface area contributed by atoms with Crippen molar-refractivity contribution in [2.75, 3.05) is 14.2 Å². The number of hydrogen-bond acceptors (Lipinski definition) is 6. The summed E-state index contributed by atoms with van der Waals surface area (Å²) >= 11 is 0. The minimum atomic E-state index is -1.06. The lowest BCUT2D eigenvalue weighted by Gasteiger charge is -2.20. The van der Waals surface area contributed by atoms with Crippen LogP contribution in [0.2, 0.25) is 0 Å². The Bertz CT molecular complexity index is 740. The second-order valence-electron chi connectivity index (χ2n) is 4.99. The van der Waals surface area contributed by atoms with Crippen LogP contribution < -0.4 is 14.8 Å². The highest BCUT2D eigenvalue weighted by atomic mass is 16.5. The number of nitrogens with zero attached hydrogens (tertiary/aromatic N) is 1. The molecule has 1 aromatic carbocycles. The molecule has 1 amide bonds. The minimum absolute atomic E-state index is 0.109. The summed E-state index contributed by atoms with van der Waals surface area (Å²) in [5.74, 6) is -0.259. The smallest absolute Gasteiger partial charge is 0.305 e. The number of rotatable bonds is 7. The summed E-state index contributed by atoms with van der Waals surface area (Å²) < 4.78 is 15.4. The van der Waals surface area contributed by atoms with E-state index in [-0.39, 0.29) is 12.1 Å². The Hall–Kier alpha value is -3.03. The molecule has 128 valence electrons. The van der Waals surface area contributed by atoms with Gasteiger partial charge in [0.1, 0.15) is 17.3 Å². The predicted octanol–water partition coefficient (Wildman–Crippen LogP) is 1.95. The highest BCUT2D eigenvalue weighted by Crippen LogP contribution is 2.31. The van der Waals surface area contributed by atoms with Crippen LogP contribution in [0.1, 0.15) is 34.3 Å². The number of carbonyl (C=O) groups excluding carboxylic acids is 1. The fourth-order valence-corrected chi connectivity index (χ4v) is 2.27. The lowest BCUT2D eigenvalue weighted by molar-refractivity contribution is -0.137. The summed E-state index contributed by atoms with van der Waals surface area (Å²) in [5, 5.41) is 11.8. The lowest BCUT2D eigenvalue weighted by atomic mass is 10.0. The zero-order valence-electron chi connectivity index (χ0n) is 13.5. The molecule has 0 saturated heterocycles. The Kier molecular flexibility index (Phi) is 5.41. The number of aromatic nitrogens is 1. The fraction of sp³-hybridized carbons (Fsp3) is 0.312. The lowest BCUT2D eigenvalue weighted by Crippen LogP contribution is -2.31. The number of oxazole rings is 1. The molecule has 8 nitrogen and oxygen atoms in total. The Morgan fingerprint density at radius 2 is 2.08 bits per heavy atom. The van der Waals surface area contributed by atoms with E-state index in [1.165, 1.54) is 14.2 Å². The summed E-state index contributed by atoms with van der Waals surface area (Å²) in [4.78, 5) is 27.3. The normalized spacial score (nSPS) is 11.6. The van der Waals surface area contributed by atoms with E-state index in [0.717, 1.165) is 6.39 Å². The van der Waals surface area contributed by atoms with Gasteiger partial charge in [-0.1, -0.05) is 0 Å². The molecular formula is C16H18N2O6. The van der Waals surface area contributed by atoms with E-state index < -0.39 is 17.9 Å². The molecule has 0 saturated carbocycles. The maximum absolute atomic E-state index is 12.3. The number of nitrogens with one attached hydrogen (secondary N) is 1. The van der Waals surface area contributed by atoms with E-state index in [1.807, 2.05) is 0 Å². The molecule has 1 atom stereocenters. The van der Waals surface area contributed by atoms with Crippen molar-refractivity contribution in [3.8, 4) is 11.5 Å². The summed E-state index contributed by atoms with van der Waals surface area (Å²) in [5.41, 5.74) is 0.632. The number of aryl methyl sites for hydroxylation is 1. The van der Waals surface area contributed by atoms with Crippen LogP contribution in [0.3, 0.4) is 0 Å². The van der Waals surface area contributed by atoms with Crippen molar-refractivity contribution >= 4 is 11.9 Å². The van der Waals surface area contributed by atoms with Crippen molar-refractivity contribution in [2.24, 2.45) is 0 Å². The van der Waals surface area contributed by atoms with Crippen molar-refractivity contribution in [1.82, 2.24) is 10.3 Å². The standard InChI is InChI=1S/C16H18N2O6/c1-9-15(17-8-24-9)16(21)18-12(7-14(19)20)11-5-4-10(22-2)6-13(11)23-3/h4-6,8,12H,7H2,1-3H3,(H,18,21)(H,19,20). The number of hydrogen-bond donors (Lipinski definition) is 2. The molecule has 1 unspecified atom stereocenters. The molecule has 0 radical (unpaired) electrons. The molecule has 1 heterocycles. The van der Waals surface area contributed by atoms with Crippen molar-refractivity contribution in [2.45, 2.75) is 19.4 Å². The molecule has 8 heteroatoms. The van der Waals surface area contributed by atoms with E-state index in [4.69, 9.17) is 19.0 Å². The first kappa shape index (κ1) is 17.3. The predicted molar refractivity (Wildman–Crippen MR) is 83.2 cm³/mol. The molecule has 0 bridgehead atoms. The average molecular weight is 334 g/mol. The van der Waals surface area contributed by atoms with Crippen LogP contribution in [0.5, 0.6) is 11.5 Å². The quantitative estimate of drug-likeness (QED) is 0.796. The highest BCUT2D eigenvalue weighted by Gasteiger charge is 2.24. The third-order valence-corrected chi connectivity index (χ3v) is 3.46. The SMILES string of the molecule is COc1ccc(C(CC(=O)O)NC(=O)c2ncoc2C)c(OC)c1. The number of carboxylic acid groups (broad SMARTS) is 1. The van der Waals surface area contributed by atoms with Crippen molar-refractivity contribution in [3.63, 3.8) is 0 Å². The molecule has 0 aliphatic heterocycles. The Balaban J connectivity index is 2.33. The maximum Gasteiger partial charge on any atom is 0.305 e. The zero-order valence-corrected chi connectivity index (χ0v) is 13.5. The van der Waals surface area contributed by atoms with Crippen LogP contribution >= 0.6 is 0 Å². The van der Waals surface area contributed by atoms with Gasteiger partial charge >= 0.3 is 5.97 Å². The van der Waals surface area contributed by atoms with Gasteiger partial charge in [0.05, 0.1) is 26.7 Å². The molecule has 0 aliphatic carbocycles. The van der Waals surface area contributed by atoms with Crippen LogP contribution in [0.25, 0.3) is 0 Å². The second kappa shape index (κ2) is 7.49. The number of benzene rings is 1. The zero-order chi connectivity index (χ0) is 17.7. The van der Waals surface area contributed by atoms with Gasteiger partial charge in [-0.15, -0.1) is 0 Å². The minimum Gasteiger partial charge on any atom is -0.497 e. The number of amides is 1. The first-order valence-electron chi connectivity index (χ1n) is 7.11. The first-order chi connectivity index (χ1) is 11.5. The van der Waals surface area contributed by atoms with Crippen LogP contribution in [0.15, 0.2) is 29.0 Å². The van der Waals surface area contributed by atoms with E-state index in [9.17, 15) is 9.59 Å². The van der Waals surface area contributed by atoms with Gasteiger partial charge in [-0.2, -0.15) is 0 Å². The third kappa shape index (κ3) is 3.83. The van der Waals surface area contributed by atoms with E-state index in [2.05, 4.69) is 10.3 Å². The summed E-state index contributed by atoms with van der Waals surface area (Å²) in [6, 6.07) is 4.14. The Morgan fingerprint density at radius 3 is 2.62 bits per heavy atom. The molecule has 2 aromatic rings. The van der Waals surface area contributed by atoms with E-state index in [0.29, 0.717) is 22.8 Å². The first-order valence-corrected chi connectivity index (χ1v) is 7.11. The van der Waals surface area contributed by atoms with Crippen molar-refractivity contribution in [1.29, 1.82) is 0 Å². The second-order valence-corrected chi connectivity index (χ2v) is 4.99. The maximum atomic E-state index is 12.3. The van der Waals surface area contributed by atoms with E-state index >= 15 is 0 Å². The Labute approximate surface area is 138 Å². The number of carbonyl (C=O) groups is 2. The number of aliphatic carboxylic acids is 1. The largest absolute Gasteiger partial charge is 0.497 e. The molecule has 0 aliphatic rings. The van der Waals surface area contributed by atoms with Crippen LogP contribution in [0, 0.1) is 6.92 Å². The Morgan fingerprint density at radius 1 is 1.33 bits per heavy atom. The monoisotopic (exact) mass is 334 g/mol. The molecule has 0 fully saturated rings. The van der Waals surface area contributed by atoms with E-state index in [1.54, 1.807) is 25.1 Å². The molecule has 2 N–H and O–H groups in total. The number of carboxylic acids is 1. The van der Waals surface area contributed by atoms with Crippen LogP contribution in [-0.4, -0.2) is 36.2 Å². The summed E-state index contributed by atoms with van der Waals surface area (Å²) in [6.07, 6.45) is 0.843.